The van der Waals surface area contributed by atoms with E-state index in [9.17, 15) is 4.79 Å². The van der Waals surface area contributed by atoms with Crippen LogP contribution in [0.2, 0.25) is 0 Å². The number of hydrogen-bond donors (Lipinski definition) is 1. The van der Waals surface area contributed by atoms with Gasteiger partial charge in [0.2, 0.25) is 0 Å². The van der Waals surface area contributed by atoms with E-state index in [0.29, 0.717) is 11.1 Å². The summed E-state index contributed by atoms with van der Waals surface area (Å²) in [5.74, 6) is 0.0370. The summed E-state index contributed by atoms with van der Waals surface area (Å²) in [7, 11) is 0. The zero-order valence-electron chi connectivity index (χ0n) is 15.1. The Morgan fingerprint density at radius 2 is 1.37 bits per heavy atom. The van der Waals surface area contributed by atoms with Crippen molar-refractivity contribution in [2.75, 3.05) is 6.54 Å². The van der Waals surface area contributed by atoms with Crippen LogP contribution < -0.4 is 5.32 Å². The first-order valence-corrected chi connectivity index (χ1v) is 9.78. The summed E-state index contributed by atoms with van der Waals surface area (Å²) in [5, 5.41) is 3.39. The van der Waals surface area contributed by atoms with Crippen LogP contribution in [0.5, 0.6) is 0 Å². The van der Waals surface area contributed by atoms with E-state index in [2.05, 4.69) is 52.1 Å². The van der Waals surface area contributed by atoms with E-state index in [1.165, 1.54) is 5.56 Å². The van der Waals surface area contributed by atoms with Crippen molar-refractivity contribution in [3.05, 3.63) is 107 Å². The van der Waals surface area contributed by atoms with Gasteiger partial charge in [-0.3, -0.25) is 4.79 Å². The van der Waals surface area contributed by atoms with Crippen molar-refractivity contribution in [2.45, 2.75) is 13.0 Å². The maximum Gasteiger partial charge on any atom is 0.193 e. The highest BCUT2D eigenvalue weighted by molar-refractivity contribution is 9.10. The Morgan fingerprint density at radius 1 is 0.852 bits per heavy atom. The fourth-order valence-corrected chi connectivity index (χ4v) is 3.10. The molecule has 0 radical (unpaired) electrons. The highest BCUT2D eigenvalue weighted by atomic mass is 79.9. The van der Waals surface area contributed by atoms with E-state index in [0.717, 1.165) is 35.1 Å². The Bertz CT molecular complexity index is 897. The summed E-state index contributed by atoms with van der Waals surface area (Å²) in [5.41, 5.74) is 4.90. The number of halogens is 1. The minimum absolute atomic E-state index is 0.0370. The van der Waals surface area contributed by atoms with Gasteiger partial charge in [-0.2, -0.15) is 0 Å². The smallest absolute Gasteiger partial charge is 0.193 e. The normalized spacial score (nSPS) is 10.6. The van der Waals surface area contributed by atoms with Crippen molar-refractivity contribution in [3.8, 4) is 11.1 Å². The molecule has 0 spiro atoms. The summed E-state index contributed by atoms with van der Waals surface area (Å²) in [4.78, 5) is 12.6. The Morgan fingerprint density at radius 3 is 1.93 bits per heavy atom. The average Bonchev–Trinajstić information content (AvgIpc) is 2.72. The first-order valence-electron chi connectivity index (χ1n) is 8.98. The lowest BCUT2D eigenvalue weighted by Crippen LogP contribution is -2.13. The molecule has 0 bridgehead atoms. The predicted molar refractivity (Wildman–Crippen MR) is 116 cm³/mol. The fourth-order valence-electron chi connectivity index (χ4n) is 2.83. The van der Waals surface area contributed by atoms with Crippen molar-refractivity contribution < 1.29 is 4.79 Å². The van der Waals surface area contributed by atoms with Gasteiger partial charge >= 0.3 is 0 Å². The molecule has 0 aliphatic rings. The molecule has 0 aromatic heterocycles. The molecule has 3 aromatic rings. The maximum absolute atomic E-state index is 12.6. The van der Waals surface area contributed by atoms with Gasteiger partial charge in [-0.1, -0.05) is 70.5 Å². The van der Waals surface area contributed by atoms with E-state index in [4.69, 9.17) is 0 Å². The van der Waals surface area contributed by atoms with Gasteiger partial charge in [-0.25, -0.2) is 0 Å². The predicted octanol–water partition coefficient (Wildman–Crippen LogP) is 6.01. The average molecular weight is 420 g/mol. The SMILES string of the molecule is C=CCCNCc1ccc(-c2ccc(C(=O)c3ccc(Br)cc3)cc2)cc1. The molecule has 0 saturated carbocycles. The molecule has 0 saturated heterocycles. The molecule has 0 heterocycles. The van der Waals surface area contributed by atoms with Crippen molar-refractivity contribution in [1.29, 1.82) is 0 Å². The van der Waals surface area contributed by atoms with Crippen LogP contribution >= 0.6 is 15.9 Å². The van der Waals surface area contributed by atoms with Crippen LogP contribution in [0.15, 0.2) is 89.9 Å². The van der Waals surface area contributed by atoms with E-state index in [1.54, 1.807) is 0 Å². The van der Waals surface area contributed by atoms with Crippen molar-refractivity contribution >= 4 is 21.7 Å². The van der Waals surface area contributed by atoms with Crippen LogP contribution in [0.1, 0.15) is 27.9 Å². The number of ketones is 1. The summed E-state index contributed by atoms with van der Waals surface area (Å²) in [6.45, 7) is 5.52. The van der Waals surface area contributed by atoms with E-state index in [-0.39, 0.29) is 5.78 Å². The van der Waals surface area contributed by atoms with Crippen LogP contribution in [0, 0.1) is 0 Å². The summed E-state index contributed by atoms with van der Waals surface area (Å²) in [6.07, 6.45) is 2.89. The molecule has 3 aromatic carbocycles. The molecule has 3 heteroatoms. The van der Waals surface area contributed by atoms with E-state index >= 15 is 0 Å². The van der Waals surface area contributed by atoms with E-state index < -0.39 is 0 Å². The number of benzene rings is 3. The quantitative estimate of drug-likeness (QED) is 0.275. The molecule has 2 nitrogen and oxygen atoms in total. The largest absolute Gasteiger partial charge is 0.312 e. The van der Waals surface area contributed by atoms with Gasteiger partial charge in [0, 0.05) is 22.1 Å². The molecule has 0 amide bonds. The third kappa shape index (κ3) is 5.25. The van der Waals surface area contributed by atoms with Gasteiger partial charge in [0.15, 0.2) is 5.78 Å². The van der Waals surface area contributed by atoms with Gasteiger partial charge in [0.1, 0.15) is 0 Å². The molecule has 1 N–H and O–H groups in total. The fraction of sp³-hybridized carbons (Fsp3) is 0.125. The number of nitrogens with one attached hydrogen (secondary N) is 1. The zero-order valence-corrected chi connectivity index (χ0v) is 16.7. The standard InChI is InChI=1S/C24H22BrNO/c1-2-3-16-26-17-18-4-6-19(7-5-18)20-8-10-21(11-9-20)24(27)22-12-14-23(25)15-13-22/h2,4-15,26H,1,3,16-17H2. The minimum atomic E-state index is 0.0370. The second-order valence-electron chi connectivity index (χ2n) is 6.36. The summed E-state index contributed by atoms with van der Waals surface area (Å²) < 4.78 is 0.966. The molecular formula is C24H22BrNO. The van der Waals surface area contributed by atoms with Crippen LogP contribution in [-0.4, -0.2) is 12.3 Å². The van der Waals surface area contributed by atoms with Gasteiger partial charge in [-0.15, -0.1) is 6.58 Å². The van der Waals surface area contributed by atoms with Gasteiger partial charge in [0.05, 0.1) is 0 Å². The van der Waals surface area contributed by atoms with Gasteiger partial charge in [-0.05, 0) is 53.9 Å². The van der Waals surface area contributed by atoms with Crippen molar-refractivity contribution in [2.24, 2.45) is 0 Å². The van der Waals surface area contributed by atoms with Gasteiger partial charge in [0.25, 0.3) is 0 Å². The van der Waals surface area contributed by atoms with Crippen LogP contribution in [0.25, 0.3) is 11.1 Å². The maximum atomic E-state index is 12.6. The molecule has 136 valence electrons. The molecule has 3 rings (SSSR count). The number of rotatable bonds is 8. The zero-order chi connectivity index (χ0) is 19.1. The molecule has 27 heavy (non-hydrogen) atoms. The number of hydrogen-bond acceptors (Lipinski definition) is 2. The van der Waals surface area contributed by atoms with Crippen molar-refractivity contribution in [1.82, 2.24) is 5.32 Å². The molecule has 0 aliphatic heterocycles. The monoisotopic (exact) mass is 419 g/mol. The van der Waals surface area contributed by atoms with Gasteiger partial charge < -0.3 is 5.32 Å². The highest BCUT2D eigenvalue weighted by Crippen LogP contribution is 2.22. The van der Waals surface area contributed by atoms with E-state index in [1.807, 2.05) is 54.6 Å². The Balaban J connectivity index is 1.67. The molecule has 0 unspecified atom stereocenters. The lowest BCUT2D eigenvalue weighted by Gasteiger charge is -2.07. The highest BCUT2D eigenvalue weighted by Gasteiger charge is 2.09. The second-order valence-corrected chi connectivity index (χ2v) is 7.28. The van der Waals surface area contributed by atoms with Crippen LogP contribution in [0.3, 0.4) is 0 Å². The molecule has 0 atom stereocenters. The first-order chi connectivity index (χ1) is 13.2. The Kier molecular flexibility index (Phi) is 6.74. The lowest BCUT2D eigenvalue weighted by atomic mass is 9.99. The van der Waals surface area contributed by atoms with Crippen LogP contribution in [-0.2, 0) is 6.54 Å². The molecule has 0 aliphatic carbocycles. The van der Waals surface area contributed by atoms with Crippen molar-refractivity contribution in [3.63, 3.8) is 0 Å². The summed E-state index contributed by atoms with van der Waals surface area (Å²) >= 11 is 3.39. The molecular weight excluding hydrogens is 398 g/mol. The molecule has 0 fully saturated rings. The second kappa shape index (κ2) is 9.45. The topological polar surface area (TPSA) is 29.1 Å². The minimum Gasteiger partial charge on any atom is -0.312 e. The summed E-state index contributed by atoms with van der Waals surface area (Å²) in [6, 6.07) is 23.7. The number of carbonyl (C=O) groups excluding carboxylic acids is 1. The van der Waals surface area contributed by atoms with Crippen LogP contribution in [0.4, 0.5) is 0 Å². The Hall–Kier alpha value is -2.49. The third-order valence-corrected chi connectivity index (χ3v) is 4.92. The lowest BCUT2D eigenvalue weighted by molar-refractivity contribution is 0.103. The third-order valence-electron chi connectivity index (χ3n) is 4.40. The Labute approximate surface area is 169 Å². The number of carbonyl (C=O) groups is 1. The first kappa shape index (κ1) is 19.3.